The Kier molecular flexibility index (Phi) is 7.70. The highest BCUT2D eigenvalue weighted by Gasteiger charge is 2.51. The second-order valence-electron chi connectivity index (χ2n) is 12.3. The van der Waals surface area contributed by atoms with E-state index in [2.05, 4.69) is 15.3 Å². The van der Waals surface area contributed by atoms with E-state index in [4.69, 9.17) is 4.74 Å². The Morgan fingerprint density at radius 3 is 2.46 bits per heavy atom. The summed E-state index contributed by atoms with van der Waals surface area (Å²) in [6.07, 6.45) is 7.84. The lowest BCUT2D eigenvalue weighted by atomic mass is 9.87. The maximum atomic E-state index is 14.2. The zero-order chi connectivity index (χ0) is 27.8. The third-order valence-electron chi connectivity index (χ3n) is 8.56. The van der Waals surface area contributed by atoms with E-state index < -0.39 is 23.3 Å². The highest BCUT2D eigenvalue weighted by molar-refractivity contribution is 6.05. The van der Waals surface area contributed by atoms with Crippen molar-refractivity contribution in [2.45, 2.75) is 89.3 Å². The number of aliphatic hydroxyl groups is 1. The van der Waals surface area contributed by atoms with Crippen LogP contribution in [0.4, 0.5) is 10.5 Å². The van der Waals surface area contributed by atoms with Crippen LogP contribution in [0, 0.1) is 5.92 Å². The van der Waals surface area contributed by atoms with Gasteiger partial charge in [-0.15, -0.1) is 0 Å². The van der Waals surface area contributed by atoms with Crippen molar-refractivity contribution in [2.24, 2.45) is 5.92 Å². The Morgan fingerprint density at radius 1 is 1.08 bits per heavy atom. The highest BCUT2D eigenvalue weighted by atomic mass is 16.6. The molecule has 212 valence electrons. The molecule has 5 rings (SSSR count). The number of aromatic nitrogens is 2. The van der Waals surface area contributed by atoms with Gasteiger partial charge in [-0.1, -0.05) is 18.9 Å². The summed E-state index contributed by atoms with van der Waals surface area (Å²) >= 11 is 0. The van der Waals surface area contributed by atoms with Gasteiger partial charge in [0.2, 0.25) is 11.8 Å². The summed E-state index contributed by atoms with van der Waals surface area (Å²) in [5.41, 5.74) is -0.117. The topological polar surface area (TPSA) is 117 Å². The van der Waals surface area contributed by atoms with Gasteiger partial charge in [0.15, 0.2) is 0 Å². The minimum Gasteiger partial charge on any atom is -0.442 e. The molecule has 1 atom stereocenters. The molecule has 0 bridgehead atoms. The lowest BCUT2D eigenvalue weighted by Crippen LogP contribution is -2.61. The molecule has 10 nitrogen and oxygen atoms in total. The van der Waals surface area contributed by atoms with E-state index in [9.17, 15) is 19.5 Å². The Bertz CT molecular complexity index is 1220. The second-order valence-corrected chi connectivity index (χ2v) is 12.3. The standard InChI is InChI=1S/C29H41N5O5/c1-28(2,3)39-27(38)34-23-9-6-8-22(21(23)18-30-34)31-25(36)24-10-7-15-33(24)26(37)29(13-4-5-14-29)32-16-11-20(19-35)12-17-32/h6,8-9,18,20,24,35H,4-5,7,10-17,19H2,1-3H3,(H,31,36)/t24-/m1/s1. The van der Waals surface area contributed by atoms with Gasteiger partial charge in [-0.05, 0) is 90.4 Å². The fourth-order valence-electron chi connectivity index (χ4n) is 6.55. The molecule has 2 N–H and O–H groups in total. The summed E-state index contributed by atoms with van der Waals surface area (Å²) in [4.78, 5) is 44.6. The molecule has 2 saturated heterocycles. The Morgan fingerprint density at radius 2 is 1.79 bits per heavy atom. The van der Waals surface area contributed by atoms with Crippen LogP contribution < -0.4 is 5.32 Å². The van der Waals surface area contributed by atoms with Gasteiger partial charge in [0, 0.05) is 18.5 Å². The first-order valence-electron chi connectivity index (χ1n) is 14.3. The number of benzene rings is 1. The maximum Gasteiger partial charge on any atom is 0.435 e. The number of carbonyl (C=O) groups excluding carboxylic acids is 3. The number of aliphatic hydroxyl groups excluding tert-OH is 1. The van der Waals surface area contributed by atoms with Crippen molar-refractivity contribution < 1.29 is 24.2 Å². The summed E-state index contributed by atoms with van der Waals surface area (Å²) < 4.78 is 6.67. The van der Waals surface area contributed by atoms with Gasteiger partial charge in [-0.25, -0.2) is 4.79 Å². The molecule has 1 aromatic carbocycles. The summed E-state index contributed by atoms with van der Waals surface area (Å²) in [6.45, 7) is 7.78. The largest absolute Gasteiger partial charge is 0.442 e. The van der Waals surface area contributed by atoms with E-state index in [-0.39, 0.29) is 18.4 Å². The molecule has 1 aliphatic carbocycles. The molecule has 0 unspecified atom stereocenters. The quantitative estimate of drug-likeness (QED) is 0.594. The van der Waals surface area contributed by atoms with Crippen LogP contribution in [0.1, 0.15) is 72.1 Å². The van der Waals surface area contributed by atoms with Crippen LogP contribution in [0.5, 0.6) is 0 Å². The number of amides is 2. The van der Waals surface area contributed by atoms with Gasteiger partial charge in [-0.3, -0.25) is 14.5 Å². The molecule has 2 aromatic rings. The van der Waals surface area contributed by atoms with Crippen LogP contribution in [0.2, 0.25) is 0 Å². The average Bonchev–Trinajstić information content (AvgIpc) is 3.67. The summed E-state index contributed by atoms with van der Waals surface area (Å²) in [5.74, 6) is 0.170. The number of nitrogens with one attached hydrogen (secondary N) is 1. The minimum absolute atomic E-state index is 0.0797. The Hall–Kier alpha value is -2.98. The molecule has 1 saturated carbocycles. The first-order valence-corrected chi connectivity index (χ1v) is 14.3. The molecule has 2 aliphatic heterocycles. The van der Waals surface area contributed by atoms with Crippen LogP contribution in [0.15, 0.2) is 24.4 Å². The van der Waals surface area contributed by atoms with E-state index in [1.807, 2.05) is 4.90 Å². The molecule has 3 fully saturated rings. The smallest absolute Gasteiger partial charge is 0.435 e. The van der Waals surface area contributed by atoms with Crippen LogP contribution in [0.25, 0.3) is 10.9 Å². The number of carbonyl (C=O) groups is 3. The van der Waals surface area contributed by atoms with E-state index in [1.165, 1.54) is 4.68 Å². The number of nitrogens with zero attached hydrogens (tertiary/aromatic N) is 4. The zero-order valence-electron chi connectivity index (χ0n) is 23.3. The lowest BCUT2D eigenvalue weighted by Gasteiger charge is -2.46. The maximum absolute atomic E-state index is 14.2. The zero-order valence-corrected chi connectivity index (χ0v) is 23.3. The molecular weight excluding hydrogens is 498 g/mol. The molecule has 3 aliphatic rings. The number of likely N-dealkylation sites (tertiary alicyclic amines) is 2. The van der Waals surface area contributed by atoms with Gasteiger partial charge in [0.05, 0.1) is 17.4 Å². The molecule has 10 heteroatoms. The Balaban J connectivity index is 1.33. The van der Waals surface area contributed by atoms with E-state index in [1.54, 1.807) is 45.2 Å². The van der Waals surface area contributed by atoms with E-state index in [0.717, 1.165) is 58.0 Å². The predicted octanol–water partition coefficient (Wildman–Crippen LogP) is 3.77. The molecule has 3 heterocycles. The normalized spacial score (nSPS) is 22.4. The van der Waals surface area contributed by atoms with Crippen LogP contribution in [0.3, 0.4) is 0 Å². The van der Waals surface area contributed by atoms with Crippen molar-refractivity contribution in [1.82, 2.24) is 19.6 Å². The highest BCUT2D eigenvalue weighted by Crippen LogP contribution is 2.40. The molecular formula is C29H41N5O5. The molecule has 0 radical (unpaired) electrons. The predicted molar refractivity (Wildman–Crippen MR) is 147 cm³/mol. The van der Waals surface area contributed by atoms with Crippen molar-refractivity contribution in [3.8, 4) is 0 Å². The first-order chi connectivity index (χ1) is 18.6. The van der Waals surface area contributed by atoms with E-state index in [0.29, 0.717) is 35.5 Å². The minimum atomic E-state index is -0.662. The number of hydrogen-bond donors (Lipinski definition) is 2. The fourth-order valence-corrected chi connectivity index (χ4v) is 6.55. The average molecular weight is 540 g/mol. The first kappa shape index (κ1) is 27.6. The van der Waals surface area contributed by atoms with Gasteiger partial charge < -0.3 is 20.1 Å². The van der Waals surface area contributed by atoms with Crippen LogP contribution in [-0.2, 0) is 14.3 Å². The number of hydrogen-bond acceptors (Lipinski definition) is 7. The number of ether oxygens (including phenoxy) is 1. The fraction of sp³-hybridized carbons (Fsp3) is 0.655. The molecule has 2 amide bonds. The Labute approximate surface area is 229 Å². The number of rotatable bonds is 5. The lowest BCUT2D eigenvalue weighted by molar-refractivity contribution is -0.149. The molecule has 39 heavy (non-hydrogen) atoms. The van der Waals surface area contributed by atoms with Crippen molar-refractivity contribution in [1.29, 1.82) is 0 Å². The van der Waals surface area contributed by atoms with Crippen LogP contribution >= 0.6 is 0 Å². The summed E-state index contributed by atoms with van der Waals surface area (Å²) in [7, 11) is 0. The van der Waals surface area contributed by atoms with E-state index >= 15 is 0 Å². The van der Waals surface area contributed by atoms with Crippen molar-refractivity contribution in [2.75, 3.05) is 31.6 Å². The van der Waals surface area contributed by atoms with Gasteiger partial charge in [0.25, 0.3) is 0 Å². The number of fused-ring (bicyclic) bond motifs is 1. The second kappa shape index (κ2) is 10.9. The van der Waals surface area contributed by atoms with Crippen LogP contribution in [-0.4, -0.2) is 86.0 Å². The van der Waals surface area contributed by atoms with Crippen molar-refractivity contribution in [3.63, 3.8) is 0 Å². The number of piperidine rings is 1. The SMILES string of the molecule is CC(C)(C)OC(=O)n1ncc2c(NC(=O)[C@H]3CCCN3C(=O)C3(N4CCC(CO)CC4)CCCC3)cccc21. The number of anilines is 1. The van der Waals surface area contributed by atoms with Gasteiger partial charge in [-0.2, -0.15) is 9.78 Å². The van der Waals surface area contributed by atoms with Gasteiger partial charge in [0.1, 0.15) is 17.2 Å². The molecule has 0 spiro atoms. The van der Waals surface area contributed by atoms with Crippen molar-refractivity contribution >= 4 is 34.5 Å². The summed E-state index contributed by atoms with van der Waals surface area (Å²) in [6, 6.07) is 4.77. The third kappa shape index (κ3) is 5.41. The molecule has 1 aromatic heterocycles. The van der Waals surface area contributed by atoms with Crippen molar-refractivity contribution in [3.05, 3.63) is 24.4 Å². The third-order valence-corrected chi connectivity index (χ3v) is 8.56. The monoisotopic (exact) mass is 539 g/mol. The summed E-state index contributed by atoms with van der Waals surface area (Å²) in [5, 5.41) is 17.5. The van der Waals surface area contributed by atoms with Gasteiger partial charge >= 0.3 is 6.09 Å².